The predicted octanol–water partition coefficient (Wildman–Crippen LogP) is 2.07. The van der Waals surface area contributed by atoms with Gasteiger partial charge in [0.25, 0.3) is 11.8 Å². The molecule has 184 valence electrons. The minimum Gasteiger partial charge on any atom is -0.444 e. The van der Waals surface area contributed by atoms with E-state index in [0.29, 0.717) is 36.0 Å². The molecule has 0 aromatic heterocycles. The van der Waals surface area contributed by atoms with Crippen molar-refractivity contribution in [3.63, 3.8) is 0 Å². The Kier molecular flexibility index (Phi) is 7.96. The highest BCUT2D eigenvalue weighted by Crippen LogP contribution is 2.26. The fraction of sp³-hybridized carbons (Fsp3) is 0.522. The van der Waals surface area contributed by atoms with Crippen LogP contribution in [-0.4, -0.2) is 77.3 Å². The molecule has 0 saturated carbocycles. The minimum absolute atomic E-state index is 0.0882. The number of benzene rings is 1. The number of imide groups is 1. The van der Waals surface area contributed by atoms with Gasteiger partial charge in [-0.3, -0.25) is 24.1 Å². The van der Waals surface area contributed by atoms with Crippen LogP contribution in [0, 0.1) is 0 Å². The van der Waals surface area contributed by atoms with Crippen LogP contribution in [0.2, 0.25) is 0 Å². The SMILES string of the molecule is CC(C)(C)OC(=O)NCCC(=O)NC1CCN(C(=O)CN2C(=O)c3ccc(Br)cc3C2=O)CC1. The highest BCUT2D eigenvalue weighted by molar-refractivity contribution is 9.10. The molecule has 1 aromatic carbocycles. The molecule has 0 unspecified atom stereocenters. The van der Waals surface area contributed by atoms with Crippen molar-refractivity contribution < 1.29 is 28.7 Å². The lowest BCUT2D eigenvalue weighted by Gasteiger charge is -2.33. The molecule has 3 rings (SSSR count). The van der Waals surface area contributed by atoms with Crippen LogP contribution >= 0.6 is 15.9 Å². The number of piperidine rings is 1. The first kappa shape index (κ1) is 25.7. The van der Waals surface area contributed by atoms with Gasteiger partial charge in [0.2, 0.25) is 11.8 Å². The van der Waals surface area contributed by atoms with Gasteiger partial charge in [-0.2, -0.15) is 0 Å². The van der Waals surface area contributed by atoms with E-state index < -0.39 is 23.5 Å². The van der Waals surface area contributed by atoms with E-state index >= 15 is 0 Å². The van der Waals surface area contributed by atoms with Gasteiger partial charge in [-0.15, -0.1) is 0 Å². The quantitative estimate of drug-likeness (QED) is 0.536. The monoisotopic (exact) mass is 536 g/mol. The van der Waals surface area contributed by atoms with Crippen LogP contribution in [-0.2, 0) is 14.3 Å². The summed E-state index contributed by atoms with van der Waals surface area (Å²) in [4.78, 5) is 64.2. The fourth-order valence-corrected chi connectivity index (χ4v) is 4.17. The Labute approximate surface area is 206 Å². The smallest absolute Gasteiger partial charge is 0.407 e. The summed E-state index contributed by atoms with van der Waals surface area (Å²) in [6.45, 7) is 5.95. The van der Waals surface area contributed by atoms with E-state index in [1.807, 2.05) is 0 Å². The van der Waals surface area contributed by atoms with Gasteiger partial charge in [0.1, 0.15) is 12.1 Å². The van der Waals surface area contributed by atoms with Gasteiger partial charge >= 0.3 is 6.09 Å². The number of amides is 5. The first-order valence-electron chi connectivity index (χ1n) is 11.1. The maximum atomic E-state index is 12.7. The molecule has 1 fully saturated rings. The van der Waals surface area contributed by atoms with E-state index in [1.165, 1.54) is 0 Å². The van der Waals surface area contributed by atoms with Crippen LogP contribution in [0.4, 0.5) is 4.79 Å². The molecule has 10 nitrogen and oxygen atoms in total. The Bertz CT molecular complexity index is 998. The van der Waals surface area contributed by atoms with Crippen molar-refractivity contribution in [2.75, 3.05) is 26.2 Å². The zero-order chi connectivity index (χ0) is 25.0. The lowest BCUT2D eigenvalue weighted by Crippen LogP contribution is -2.49. The Morgan fingerprint density at radius 2 is 1.74 bits per heavy atom. The van der Waals surface area contributed by atoms with Gasteiger partial charge in [-0.05, 0) is 51.8 Å². The van der Waals surface area contributed by atoms with Gasteiger partial charge in [-0.25, -0.2) is 4.79 Å². The molecular weight excluding hydrogens is 508 g/mol. The zero-order valence-electron chi connectivity index (χ0n) is 19.5. The number of carbonyl (C=O) groups is 5. The summed E-state index contributed by atoms with van der Waals surface area (Å²) < 4.78 is 5.81. The lowest BCUT2D eigenvalue weighted by atomic mass is 10.0. The summed E-state index contributed by atoms with van der Waals surface area (Å²) in [5.74, 6) is -1.45. The number of hydrogen-bond donors (Lipinski definition) is 2. The standard InChI is InChI=1S/C23H29BrN4O6/c1-23(2,3)34-22(33)25-9-6-18(29)26-15-7-10-27(11-8-15)19(30)13-28-20(31)16-5-4-14(24)12-17(16)21(28)32/h4-5,12,15H,6-11,13H2,1-3H3,(H,25,33)(H,26,29). The summed E-state index contributed by atoms with van der Waals surface area (Å²) >= 11 is 3.29. The van der Waals surface area contributed by atoms with Gasteiger partial charge < -0.3 is 20.3 Å². The highest BCUT2D eigenvalue weighted by Gasteiger charge is 2.38. The zero-order valence-corrected chi connectivity index (χ0v) is 21.1. The van der Waals surface area contributed by atoms with Crippen LogP contribution in [0.5, 0.6) is 0 Å². The topological polar surface area (TPSA) is 125 Å². The summed E-state index contributed by atoms with van der Waals surface area (Å²) in [7, 11) is 0. The van der Waals surface area contributed by atoms with E-state index in [4.69, 9.17) is 4.74 Å². The molecule has 2 N–H and O–H groups in total. The lowest BCUT2D eigenvalue weighted by molar-refractivity contribution is -0.132. The first-order valence-corrected chi connectivity index (χ1v) is 11.9. The maximum absolute atomic E-state index is 12.7. The number of halogens is 1. The molecule has 0 aliphatic carbocycles. The normalized spacial score (nSPS) is 16.4. The maximum Gasteiger partial charge on any atom is 0.407 e. The van der Waals surface area contributed by atoms with Crippen LogP contribution in [0.25, 0.3) is 0 Å². The minimum atomic E-state index is -0.603. The molecule has 0 atom stereocenters. The predicted molar refractivity (Wildman–Crippen MR) is 126 cm³/mol. The number of alkyl carbamates (subject to hydrolysis) is 1. The van der Waals surface area contributed by atoms with E-state index in [1.54, 1.807) is 43.9 Å². The van der Waals surface area contributed by atoms with Crippen LogP contribution in [0.15, 0.2) is 22.7 Å². The van der Waals surface area contributed by atoms with Crippen molar-refractivity contribution in [2.24, 2.45) is 0 Å². The van der Waals surface area contributed by atoms with Gasteiger partial charge in [0, 0.05) is 36.6 Å². The largest absolute Gasteiger partial charge is 0.444 e. The van der Waals surface area contributed by atoms with Crippen molar-refractivity contribution in [2.45, 2.75) is 51.7 Å². The van der Waals surface area contributed by atoms with Gasteiger partial charge in [-0.1, -0.05) is 15.9 Å². The molecular formula is C23H29BrN4O6. The molecule has 0 bridgehead atoms. The molecule has 2 aliphatic rings. The van der Waals surface area contributed by atoms with Crippen molar-refractivity contribution in [1.29, 1.82) is 0 Å². The molecule has 2 aliphatic heterocycles. The Morgan fingerprint density at radius 3 is 2.38 bits per heavy atom. The number of fused-ring (bicyclic) bond motifs is 1. The van der Waals surface area contributed by atoms with Crippen LogP contribution in [0.3, 0.4) is 0 Å². The number of carbonyl (C=O) groups excluding carboxylic acids is 5. The second-order valence-electron chi connectivity index (χ2n) is 9.29. The molecule has 0 radical (unpaired) electrons. The second-order valence-corrected chi connectivity index (χ2v) is 10.2. The third-order valence-corrected chi connectivity index (χ3v) is 5.95. The van der Waals surface area contributed by atoms with Crippen molar-refractivity contribution in [3.8, 4) is 0 Å². The number of likely N-dealkylation sites (tertiary alicyclic amines) is 1. The van der Waals surface area contributed by atoms with Crippen molar-refractivity contribution >= 4 is 45.7 Å². The molecule has 11 heteroatoms. The first-order chi connectivity index (χ1) is 15.9. The third kappa shape index (κ3) is 6.55. The van der Waals surface area contributed by atoms with E-state index in [-0.39, 0.29) is 42.9 Å². The summed E-state index contributed by atoms with van der Waals surface area (Å²) in [6, 6.07) is 4.75. The number of nitrogens with zero attached hydrogens (tertiary/aromatic N) is 2. The average molecular weight is 537 g/mol. The number of nitrogens with one attached hydrogen (secondary N) is 2. The van der Waals surface area contributed by atoms with E-state index in [0.717, 1.165) is 4.90 Å². The van der Waals surface area contributed by atoms with Gasteiger partial charge in [0.05, 0.1) is 11.1 Å². The molecule has 1 saturated heterocycles. The molecule has 1 aromatic rings. The molecule has 2 heterocycles. The van der Waals surface area contributed by atoms with E-state index in [9.17, 15) is 24.0 Å². The summed E-state index contributed by atoms with van der Waals surface area (Å²) in [6.07, 6.45) is 0.671. The third-order valence-electron chi connectivity index (χ3n) is 5.46. The molecule has 34 heavy (non-hydrogen) atoms. The Balaban J connectivity index is 1.40. The fourth-order valence-electron chi connectivity index (χ4n) is 3.81. The number of hydrogen-bond acceptors (Lipinski definition) is 6. The average Bonchev–Trinajstić information content (AvgIpc) is 2.97. The van der Waals surface area contributed by atoms with Crippen LogP contribution in [0.1, 0.15) is 60.7 Å². The summed E-state index contributed by atoms with van der Waals surface area (Å²) in [5, 5.41) is 5.46. The summed E-state index contributed by atoms with van der Waals surface area (Å²) in [5.41, 5.74) is -0.0212. The Hall–Kier alpha value is -2.95. The van der Waals surface area contributed by atoms with Crippen molar-refractivity contribution in [3.05, 3.63) is 33.8 Å². The Morgan fingerprint density at radius 1 is 1.09 bits per heavy atom. The van der Waals surface area contributed by atoms with E-state index in [2.05, 4.69) is 26.6 Å². The van der Waals surface area contributed by atoms with Crippen molar-refractivity contribution in [1.82, 2.24) is 20.4 Å². The van der Waals surface area contributed by atoms with Crippen LogP contribution < -0.4 is 10.6 Å². The molecule has 5 amide bonds. The number of ether oxygens (including phenoxy) is 1. The van der Waals surface area contributed by atoms with Gasteiger partial charge in [0.15, 0.2) is 0 Å². The number of rotatable bonds is 6. The highest BCUT2D eigenvalue weighted by atomic mass is 79.9. The second kappa shape index (κ2) is 10.5. The molecule has 0 spiro atoms.